The van der Waals surface area contributed by atoms with Crippen molar-refractivity contribution in [3.63, 3.8) is 0 Å². The van der Waals surface area contributed by atoms with Crippen LogP contribution in [-0.4, -0.2) is 44.3 Å². The van der Waals surface area contributed by atoms with Crippen molar-refractivity contribution in [1.82, 2.24) is 4.31 Å². The Morgan fingerprint density at radius 1 is 0.912 bits per heavy atom. The van der Waals surface area contributed by atoms with E-state index in [1.165, 1.54) is 16.4 Å². The van der Waals surface area contributed by atoms with Crippen molar-refractivity contribution in [3.8, 4) is 11.1 Å². The molecular formula is C26H28N2O5S. The number of carbonyl (C=O) groups is 2. The molecular weight excluding hydrogens is 452 g/mol. The van der Waals surface area contributed by atoms with Crippen LogP contribution in [0, 0.1) is 6.92 Å². The van der Waals surface area contributed by atoms with E-state index in [0.717, 1.165) is 11.1 Å². The van der Waals surface area contributed by atoms with Gasteiger partial charge in [0.1, 0.15) is 0 Å². The van der Waals surface area contributed by atoms with Gasteiger partial charge in [0.25, 0.3) is 5.91 Å². The van der Waals surface area contributed by atoms with Crippen molar-refractivity contribution < 1.29 is 22.7 Å². The van der Waals surface area contributed by atoms with Gasteiger partial charge in [-0.1, -0.05) is 68.4 Å². The van der Waals surface area contributed by atoms with Crippen molar-refractivity contribution in [1.29, 1.82) is 0 Å². The largest absolute Gasteiger partial charge is 0.452 e. The SMILES string of the molecule is CCN(CC)S(=O)(=O)c1ccc(C)c(C(=O)OCC(=O)Nc2ccccc2-c2ccccc2)c1. The molecule has 178 valence electrons. The highest BCUT2D eigenvalue weighted by Gasteiger charge is 2.24. The molecule has 0 heterocycles. The standard InChI is InChI=1S/C26H28N2O5S/c1-4-28(5-2)34(31,32)21-16-15-19(3)23(17-21)26(30)33-18-25(29)27-24-14-10-9-13-22(24)20-11-7-6-8-12-20/h6-17H,4-5,18H2,1-3H3,(H,27,29). The summed E-state index contributed by atoms with van der Waals surface area (Å²) in [5.41, 5.74) is 3.03. The summed E-state index contributed by atoms with van der Waals surface area (Å²) < 4.78 is 32.1. The Hall–Kier alpha value is -3.49. The number of sulfonamides is 1. The Morgan fingerprint density at radius 2 is 1.56 bits per heavy atom. The molecule has 1 N–H and O–H groups in total. The average Bonchev–Trinajstić information content (AvgIpc) is 2.84. The van der Waals surface area contributed by atoms with Crippen molar-refractivity contribution >= 4 is 27.6 Å². The number of esters is 1. The monoisotopic (exact) mass is 480 g/mol. The molecule has 3 aromatic rings. The molecule has 0 aliphatic rings. The van der Waals surface area contributed by atoms with Gasteiger partial charge < -0.3 is 10.1 Å². The zero-order chi connectivity index (χ0) is 24.7. The van der Waals surface area contributed by atoms with Crippen molar-refractivity contribution in [3.05, 3.63) is 83.9 Å². The Balaban J connectivity index is 1.72. The molecule has 0 aliphatic heterocycles. The first kappa shape index (κ1) is 25.1. The predicted molar refractivity (Wildman–Crippen MR) is 132 cm³/mol. The molecule has 3 aromatic carbocycles. The number of hydrogen-bond donors (Lipinski definition) is 1. The fourth-order valence-corrected chi connectivity index (χ4v) is 5.04. The molecule has 0 atom stereocenters. The van der Waals surface area contributed by atoms with E-state index in [2.05, 4.69) is 5.32 Å². The number of anilines is 1. The molecule has 0 radical (unpaired) electrons. The molecule has 0 spiro atoms. The lowest BCUT2D eigenvalue weighted by atomic mass is 10.0. The first-order valence-corrected chi connectivity index (χ1v) is 12.4. The van der Waals surface area contributed by atoms with Gasteiger partial charge in [-0.25, -0.2) is 13.2 Å². The average molecular weight is 481 g/mol. The topological polar surface area (TPSA) is 92.8 Å². The van der Waals surface area contributed by atoms with E-state index in [9.17, 15) is 18.0 Å². The second kappa shape index (κ2) is 11.1. The van der Waals surface area contributed by atoms with E-state index in [1.54, 1.807) is 39.0 Å². The fourth-order valence-electron chi connectivity index (χ4n) is 3.55. The van der Waals surface area contributed by atoms with Crippen LogP contribution in [0.4, 0.5) is 5.69 Å². The van der Waals surface area contributed by atoms with Crippen LogP contribution in [0.25, 0.3) is 11.1 Å². The number of nitrogens with one attached hydrogen (secondary N) is 1. The summed E-state index contributed by atoms with van der Waals surface area (Å²) in [5.74, 6) is -1.26. The van der Waals surface area contributed by atoms with Crippen LogP contribution >= 0.6 is 0 Å². The Labute approximate surface area is 200 Å². The number of nitrogens with zero attached hydrogens (tertiary/aromatic N) is 1. The highest BCUT2D eigenvalue weighted by atomic mass is 32.2. The molecule has 8 heteroatoms. The van der Waals surface area contributed by atoms with E-state index in [1.807, 2.05) is 42.5 Å². The third-order valence-electron chi connectivity index (χ3n) is 5.39. The van der Waals surface area contributed by atoms with E-state index in [0.29, 0.717) is 24.3 Å². The van der Waals surface area contributed by atoms with Gasteiger partial charge in [-0.2, -0.15) is 4.31 Å². The third kappa shape index (κ3) is 5.70. The number of ether oxygens (including phenoxy) is 1. The molecule has 0 saturated carbocycles. The van der Waals surface area contributed by atoms with Gasteiger partial charge in [-0.05, 0) is 36.2 Å². The Kier molecular flexibility index (Phi) is 8.20. The maximum Gasteiger partial charge on any atom is 0.338 e. The minimum absolute atomic E-state index is 0.00925. The number of amides is 1. The number of hydrogen-bond acceptors (Lipinski definition) is 5. The highest BCUT2D eigenvalue weighted by molar-refractivity contribution is 7.89. The molecule has 34 heavy (non-hydrogen) atoms. The number of aryl methyl sites for hydroxylation is 1. The molecule has 1 amide bonds. The van der Waals surface area contributed by atoms with Crippen LogP contribution in [0.2, 0.25) is 0 Å². The van der Waals surface area contributed by atoms with Crippen molar-refractivity contribution in [2.45, 2.75) is 25.7 Å². The summed E-state index contributed by atoms with van der Waals surface area (Å²) in [4.78, 5) is 25.2. The maximum absolute atomic E-state index is 12.8. The van der Waals surface area contributed by atoms with Gasteiger partial charge in [0.05, 0.1) is 10.5 Å². The molecule has 0 aliphatic carbocycles. The lowest BCUT2D eigenvalue weighted by molar-refractivity contribution is -0.119. The first-order chi connectivity index (χ1) is 16.3. The molecule has 0 aromatic heterocycles. The predicted octanol–water partition coefficient (Wildman–Crippen LogP) is 4.49. The summed E-state index contributed by atoms with van der Waals surface area (Å²) in [5, 5.41) is 2.78. The second-order valence-corrected chi connectivity index (χ2v) is 9.54. The number of carbonyl (C=O) groups excluding carboxylic acids is 2. The quantitative estimate of drug-likeness (QED) is 0.456. The molecule has 0 unspecified atom stereocenters. The summed E-state index contributed by atoms with van der Waals surface area (Å²) in [6.45, 7) is 5.31. The van der Waals surface area contributed by atoms with Crippen molar-refractivity contribution in [2.75, 3.05) is 25.0 Å². The lowest BCUT2D eigenvalue weighted by Gasteiger charge is -2.19. The Bertz CT molecular complexity index is 1270. The fraction of sp³-hybridized carbons (Fsp3) is 0.231. The van der Waals surface area contributed by atoms with Crippen LogP contribution < -0.4 is 5.32 Å². The normalized spacial score (nSPS) is 11.3. The van der Waals surface area contributed by atoms with E-state index in [-0.39, 0.29) is 10.5 Å². The summed E-state index contributed by atoms with van der Waals surface area (Å²) in [6, 6.07) is 21.3. The maximum atomic E-state index is 12.8. The zero-order valence-electron chi connectivity index (χ0n) is 19.4. The van der Waals surface area contributed by atoms with Gasteiger partial charge in [0, 0.05) is 24.3 Å². The molecule has 0 fully saturated rings. The Morgan fingerprint density at radius 3 is 2.24 bits per heavy atom. The van der Waals surface area contributed by atoms with Gasteiger partial charge in [-0.3, -0.25) is 4.79 Å². The molecule has 0 saturated heterocycles. The van der Waals surface area contributed by atoms with Crippen LogP contribution in [0.1, 0.15) is 29.8 Å². The lowest BCUT2D eigenvalue weighted by Crippen LogP contribution is -2.30. The van der Waals surface area contributed by atoms with Crippen LogP contribution in [0.5, 0.6) is 0 Å². The van der Waals surface area contributed by atoms with Crippen LogP contribution in [0.15, 0.2) is 77.7 Å². The second-order valence-electron chi connectivity index (χ2n) is 7.60. The smallest absolute Gasteiger partial charge is 0.338 e. The number of rotatable bonds is 9. The minimum atomic E-state index is -3.73. The summed E-state index contributed by atoms with van der Waals surface area (Å²) in [6.07, 6.45) is 0. The number of benzene rings is 3. The highest BCUT2D eigenvalue weighted by Crippen LogP contribution is 2.27. The molecule has 3 rings (SSSR count). The van der Waals surface area contributed by atoms with Gasteiger partial charge in [0.15, 0.2) is 6.61 Å². The van der Waals surface area contributed by atoms with E-state index < -0.39 is 28.5 Å². The first-order valence-electron chi connectivity index (χ1n) is 11.0. The van der Waals surface area contributed by atoms with Crippen molar-refractivity contribution in [2.24, 2.45) is 0 Å². The minimum Gasteiger partial charge on any atom is -0.452 e. The van der Waals surface area contributed by atoms with Gasteiger partial charge in [-0.15, -0.1) is 0 Å². The third-order valence-corrected chi connectivity index (χ3v) is 7.44. The number of para-hydroxylation sites is 1. The zero-order valence-corrected chi connectivity index (χ0v) is 20.3. The molecule has 0 bridgehead atoms. The van der Waals surface area contributed by atoms with Gasteiger partial charge in [0.2, 0.25) is 10.0 Å². The van der Waals surface area contributed by atoms with Crippen LogP contribution in [0.3, 0.4) is 0 Å². The molecule has 7 nitrogen and oxygen atoms in total. The van der Waals surface area contributed by atoms with E-state index in [4.69, 9.17) is 4.74 Å². The van der Waals surface area contributed by atoms with E-state index >= 15 is 0 Å². The van der Waals surface area contributed by atoms with Gasteiger partial charge >= 0.3 is 5.97 Å². The van der Waals surface area contributed by atoms with Crippen LogP contribution in [-0.2, 0) is 19.6 Å². The summed E-state index contributed by atoms with van der Waals surface area (Å²) in [7, 11) is -3.73. The summed E-state index contributed by atoms with van der Waals surface area (Å²) >= 11 is 0.